The van der Waals surface area contributed by atoms with Crippen LogP contribution in [0.4, 0.5) is 10.1 Å². The zero-order valence-electron chi connectivity index (χ0n) is 13.2. The minimum atomic E-state index is -0.503. The Balaban J connectivity index is 1.93. The van der Waals surface area contributed by atoms with Gasteiger partial charge in [0, 0.05) is 30.6 Å². The molecule has 1 N–H and O–H groups in total. The van der Waals surface area contributed by atoms with Crippen molar-refractivity contribution in [3.8, 4) is 17.1 Å². The molecule has 2 heterocycles. The fourth-order valence-corrected chi connectivity index (χ4v) is 2.37. The Bertz CT molecular complexity index is 892. The molecular formula is C17H15FN4O2. The molecule has 122 valence electrons. The Hall–Kier alpha value is -3.22. The molecule has 1 aromatic carbocycles. The number of aromatic nitrogens is 3. The van der Waals surface area contributed by atoms with Gasteiger partial charge in [0.2, 0.25) is 5.88 Å². The van der Waals surface area contributed by atoms with Crippen molar-refractivity contribution in [2.75, 3.05) is 12.4 Å². The number of nitrogens with zero attached hydrogens (tertiary/aromatic N) is 3. The van der Waals surface area contributed by atoms with Gasteiger partial charge in [-0.1, -0.05) is 0 Å². The predicted molar refractivity (Wildman–Crippen MR) is 87.3 cm³/mol. The second-order valence-corrected chi connectivity index (χ2v) is 5.08. The molecule has 3 rings (SSSR count). The molecule has 0 spiro atoms. The SMILES string of the molecule is COc1ncccc1NC(=O)c1cc(F)cc(-c2ccnn2C)c1. The van der Waals surface area contributed by atoms with Crippen LogP contribution in [0.2, 0.25) is 0 Å². The summed E-state index contributed by atoms with van der Waals surface area (Å²) in [6, 6.07) is 9.23. The molecule has 0 saturated heterocycles. The summed E-state index contributed by atoms with van der Waals surface area (Å²) in [6.07, 6.45) is 3.16. The highest BCUT2D eigenvalue weighted by Crippen LogP contribution is 2.24. The van der Waals surface area contributed by atoms with Crippen molar-refractivity contribution < 1.29 is 13.9 Å². The Morgan fingerprint density at radius 2 is 2.08 bits per heavy atom. The van der Waals surface area contributed by atoms with Gasteiger partial charge < -0.3 is 10.1 Å². The van der Waals surface area contributed by atoms with E-state index in [0.717, 1.165) is 0 Å². The Kier molecular flexibility index (Phi) is 4.24. The van der Waals surface area contributed by atoms with Crippen molar-refractivity contribution in [3.63, 3.8) is 0 Å². The zero-order valence-corrected chi connectivity index (χ0v) is 13.2. The summed E-state index contributed by atoms with van der Waals surface area (Å²) >= 11 is 0. The van der Waals surface area contributed by atoms with Gasteiger partial charge in [-0.3, -0.25) is 9.48 Å². The van der Waals surface area contributed by atoms with Crippen molar-refractivity contribution in [1.82, 2.24) is 14.8 Å². The van der Waals surface area contributed by atoms with Gasteiger partial charge >= 0.3 is 0 Å². The topological polar surface area (TPSA) is 69.0 Å². The highest BCUT2D eigenvalue weighted by Gasteiger charge is 2.14. The summed E-state index contributed by atoms with van der Waals surface area (Å²) < 4.78 is 20.7. The number of methoxy groups -OCH3 is 1. The number of amides is 1. The van der Waals surface area contributed by atoms with Gasteiger partial charge in [0.05, 0.1) is 12.8 Å². The lowest BCUT2D eigenvalue weighted by Crippen LogP contribution is -2.13. The summed E-state index contributed by atoms with van der Waals surface area (Å²) in [5.41, 5.74) is 1.88. The molecule has 0 radical (unpaired) electrons. The van der Waals surface area contributed by atoms with Crippen LogP contribution in [-0.2, 0) is 7.05 Å². The number of aryl methyl sites for hydroxylation is 1. The molecule has 0 atom stereocenters. The molecule has 1 amide bonds. The van der Waals surface area contributed by atoms with Crippen LogP contribution in [0.15, 0.2) is 48.8 Å². The Morgan fingerprint density at radius 1 is 1.25 bits per heavy atom. The number of ether oxygens (including phenoxy) is 1. The molecule has 0 unspecified atom stereocenters. The number of carbonyl (C=O) groups excluding carboxylic acids is 1. The first-order chi connectivity index (χ1) is 11.6. The fourth-order valence-electron chi connectivity index (χ4n) is 2.37. The highest BCUT2D eigenvalue weighted by molar-refractivity contribution is 6.05. The molecule has 6 nitrogen and oxygen atoms in total. The first kappa shape index (κ1) is 15.7. The molecule has 2 aromatic heterocycles. The summed E-state index contributed by atoms with van der Waals surface area (Å²) in [5.74, 6) is -0.671. The van der Waals surface area contributed by atoms with Gasteiger partial charge in [-0.25, -0.2) is 9.37 Å². The lowest BCUT2D eigenvalue weighted by Gasteiger charge is -2.10. The summed E-state index contributed by atoms with van der Waals surface area (Å²) in [4.78, 5) is 16.5. The van der Waals surface area contributed by atoms with Gasteiger partial charge in [0.25, 0.3) is 5.91 Å². The second kappa shape index (κ2) is 6.49. The van der Waals surface area contributed by atoms with Crippen LogP contribution in [0.3, 0.4) is 0 Å². The van der Waals surface area contributed by atoms with E-state index < -0.39 is 11.7 Å². The highest BCUT2D eigenvalue weighted by atomic mass is 19.1. The molecule has 7 heteroatoms. The third-order valence-electron chi connectivity index (χ3n) is 3.49. The van der Waals surface area contributed by atoms with E-state index in [2.05, 4.69) is 15.4 Å². The number of benzene rings is 1. The average molecular weight is 326 g/mol. The lowest BCUT2D eigenvalue weighted by molar-refractivity contribution is 0.102. The maximum atomic E-state index is 13.9. The van der Waals surface area contributed by atoms with E-state index in [1.54, 1.807) is 48.4 Å². The van der Waals surface area contributed by atoms with Crippen LogP contribution in [0, 0.1) is 5.82 Å². The Morgan fingerprint density at radius 3 is 2.79 bits per heavy atom. The van der Waals surface area contributed by atoms with E-state index in [0.29, 0.717) is 16.9 Å². The minimum Gasteiger partial charge on any atom is -0.480 e. The molecule has 3 aromatic rings. The van der Waals surface area contributed by atoms with E-state index in [4.69, 9.17) is 4.74 Å². The third-order valence-corrected chi connectivity index (χ3v) is 3.49. The zero-order chi connectivity index (χ0) is 17.1. The van der Waals surface area contributed by atoms with Gasteiger partial charge in [0.1, 0.15) is 11.5 Å². The number of carbonyl (C=O) groups is 1. The first-order valence-corrected chi connectivity index (χ1v) is 7.18. The van der Waals surface area contributed by atoms with E-state index in [9.17, 15) is 9.18 Å². The van der Waals surface area contributed by atoms with Crippen LogP contribution >= 0.6 is 0 Å². The van der Waals surface area contributed by atoms with Crippen LogP contribution < -0.4 is 10.1 Å². The normalized spacial score (nSPS) is 10.5. The van der Waals surface area contributed by atoms with Crippen molar-refractivity contribution in [2.45, 2.75) is 0 Å². The Labute approximate surface area is 137 Å². The van der Waals surface area contributed by atoms with Gasteiger partial charge in [-0.2, -0.15) is 5.10 Å². The number of halogens is 1. The van der Waals surface area contributed by atoms with Crippen molar-refractivity contribution in [1.29, 1.82) is 0 Å². The van der Waals surface area contributed by atoms with Crippen LogP contribution in [-0.4, -0.2) is 27.8 Å². The minimum absolute atomic E-state index is 0.192. The number of hydrogen-bond donors (Lipinski definition) is 1. The van der Waals surface area contributed by atoms with E-state index in [1.165, 1.54) is 19.2 Å². The fraction of sp³-hybridized carbons (Fsp3) is 0.118. The largest absolute Gasteiger partial charge is 0.480 e. The second-order valence-electron chi connectivity index (χ2n) is 5.08. The van der Waals surface area contributed by atoms with E-state index in [-0.39, 0.29) is 11.4 Å². The average Bonchev–Trinajstić information content (AvgIpc) is 3.01. The molecule has 0 aliphatic heterocycles. The number of rotatable bonds is 4. The number of anilines is 1. The number of nitrogens with one attached hydrogen (secondary N) is 1. The quantitative estimate of drug-likeness (QED) is 0.800. The molecular weight excluding hydrogens is 311 g/mol. The number of hydrogen-bond acceptors (Lipinski definition) is 4. The standard InChI is InChI=1S/C17H15FN4O2/c1-22-15(5-7-20-22)11-8-12(10-13(18)9-11)16(23)21-14-4-3-6-19-17(14)24-2/h3-10H,1-2H3,(H,21,23). The van der Waals surface area contributed by atoms with Gasteiger partial charge in [0.15, 0.2) is 0 Å². The van der Waals surface area contributed by atoms with Gasteiger partial charge in [-0.15, -0.1) is 0 Å². The molecule has 24 heavy (non-hydrogen) atoms. The maximum absolute atomic E-state index is 13.9. The monoisotopic (exact) mass is 326 g/mol. The van der Waals surface area contributed by atoms with Crippen molar-refractivity contribution in [3.05, 3.63) is 60.2 Å². The third kappa shape index (κ3) is 3.10. The summed E-state index contributed by atoms with van der Waals surface area (Å²) in [5, 5.41) is 6.73. The molecule has 0 aliphatic carbocycles. The van der Waals surface area contributed by atoms with E-state index >= 15 is 0 Å². The molecule has 0 aliphatic rings. The smallest absolute Gasteiger partial charge is 0.255 e. The van der Waals surface area contributed by atoms with Crippen molar-refractivity contribution in [2.24, 2.45) is 7.05 Å². The summed E-state index contributed by atoms with van der Waals surface area (Å²) in [7, 11) is 3.21. The number of pyridine rings is 1. The van der Waals surface area contributed by atoms with Gasteiger partial charge in [-0.05, 0) is 36.4 Å². The predicted octanol–water partition coefficient (Wildman–Crippen LogP) is 2.88. The maximum Gasteiger partial charge on any atom is 0.255 e. The first-order valence-electron chi connectivity index (χ1n) is 7.18. The van der Waals surface area contributed by atoms with Crippen molar-refractivity contribution >= 4 is 11.6 Å². The van der Waals surface area contributed by atoms with Crippen LogP contribution in [0.25, 0.3) is 11.3 Å². The van der Waals surface area contributed by atoms with Crippen LogP contribution in [0.5, 0.6) is 5.88 Å². The molecule has 0 saturated carbocycles. The lowest BCUT2D eigenvalue weighted by atomic mass is 10.1. The molecule has 0 fully saturated rings. The van der Waals surface area contributed by atoms with E-state index in [1.807, 2.05) is 0 Å². The molecule has 0 bridgehead atoms. The summed E-state index contributed by atoms with van der Waals surface area (Å²) in [6.45, 7) is 0. The van der Waals surface area contributed by atoms with Crippen LogP contribution in [0.1, 0.15) is 10.4 Å².